The molecule has 8 heteroatoms. The van der Waals surface area contributed by atoms with Gasteiger partial charge in [-0.25, -0.2) is 4.79 Å². The van der Waals surface area contributed by atoms with Crippen LogP contribution in [0.2, 0.25) is 0 Å². The van der Waals surface area contributed by atoms with Crippen LogP contribution in [-0.2, 0) is 17.5 Å². The van der Waals surface area contributed by atoms with Crippen molar-refractivity contribution in [3.63, 3.8) is 0 Å². The second-order valence-corrected chi connectivity index (χ2v) is 5.04. The Bertz CT molecular complexity index is 748. The van der Waals surface area contributed by atoms with Crippen LogP contribution in [0.25, 0.3) is 0 Å². The first-order valence-corrected chi connectivity index (χ1v) is 7.42. The van der Waals surface area contributed by atoms with Gasteiger partial charge in [-0.05, 0) is 25.1 Å². The van der Waals surface area contributed by atoms with Gasteiger partial charge < -0.3 is 15.2 Å². The lowest BCUT2D eigenvalue weighted by Gasteiger charge is -2.14. The molecule has 2 aromatic carbocycles. The zero-order chi connectivity index (χ0) is 18.4. The number of anilines is 2. The summed E-state index contributed by atoms with van der Waals surface area (Å²) in [6, 6.07) is 9.57. The van der Waals surface area contributed by atoms with Crippen LogP contribution in [0.4, 0.5) is 29.3 Å². The van der Waals surface area contributed by atoms with Crippen molar-refractivity contribution in [2.75, 3.05) is 17.7 Å². The number of ether oxygens (including phenoxy) is 2. The second-order valence-electron chi connectivity index (χ2n) is 5.04. The quantitative estimate of drug-likeness (QED) is 0.779. The number of alkyl halides is 3. The number of halogens is 3. The van der Waals surface area contributed by atoms with Crippen LogP contribution in [0.15, 0.2) is 42.5 Å². The number of carbonyl (C=O) groups excluding carboxylic acids is 1. The number of nitrogens with one attached hydrogen (secondary N) is 1. The van der Waals surface area contributed by atoms with Crippen molar-refractivity contribution in [2.24, 2.45) is 0 Å². The molecule has 3 N–H and O–H groups in total. The summed E-state index contributed by atoms with van der Waals surface area (Å²) < 4.78 is 49.0. The van der Waals surface area contributed by atoms with E-state index >= 15 is 0 Å². The van der Waals surface area contributed by atoms with Gasteiger partial charge in [0, 0.05) is 11.6 Å². The smallest absolute Gasteiger partial charge is 0.416 e. The van der Waals surface area contributed by atoms with Gasteiger partial charge >= 0.3 is 12.3 Å². The van der Waals surface area contributed by atoms with Crippen LogP contribution in [0, 0.1) is 0 Å². The van der Waals surface area contributed by atoms with Crippen molar-refractivity contribution >= 4 is 17.5 Å². The van der Waals surface area contributed by atoms with E-state index in [2.05, 4.69) is 5.32 Å². The van der Waals surface area contributed by atoms with E-state index in [1.807, 2.05) is 0 Å². The highest BCUT2D eigenvalue weighted by Gasteiger charge is 2.32. The molecule has 2 rings (SSSR count). The number of benzene rings is 2. The summed E-state index contributed by atoms with van der Waals surface area (Å²) in [7, 11) is 0. The third-order valence-corrected chi connectivity index (χ3v) is 3.25. The van der Waals surface area contributed by atoms with Crippen molar-refractivity contribution in [3.8, 4) is 5.75 Å². The molecule has 0 aliphatic carbocycles. The van der Waals surface area contributed by atoms with Crippen molar-refractivity contribution in [3.05, 3.63) is 53.6 Å². The van der Waals surface area contributed by atoms with E-state index in [0.29, 0.717) is 5.69 Å². The molecule has 2 aromatic rings. The summed E-state index contributed by atoms with van der Waals surface area (Å²) in [4.78, 5) is 11.4. The zero-order valence-electron chi connectivity index (χ0n) is 13.4. The van der Waals surface area contributed by atoms with E-state index in [1.165, 1.54) is 36.4 Å². The molecule has 0 aromatic heterocycles. The standard InChI is InChI=1S/C17H17F3N2O3/c1-2-24-16(23)22-15-8-7-12(9-14(15)21)25-10-11-5-3-4-6-13(11)17(18,19)20/h3-9H,2,10,21H2,1H3,(H,22,23). The van der Waals surface area contributed by atoms with Crippen LogP contribution in [0.5, 0.6) is 5.75 Å². The molecule has 0 spiro atoms. The number of hydrogen-bond donors (Lipinski definition) is 2. The van der Waals surface area contributed by atoms with E-state index in [4.69, 9.17) is 15.2 Å². The third-order valence-electron chi connectivity index (χ3n) is 3.25. The van der Waals surface area contributed by atoms with Gasteiger partial charge in [0.25, 0.3) is 0 Å². The van der Waals surface area contributed by atoms with Gasteiger partial charge in [-0.15, -0.1) is 0 Å². The number of rotatable bonds is 5. The molecule has 134 valence electrons. The highest BCUT2D eigenvalue weighted by Crippen LogP contribution is 2.32. The SMILES string of the molecule is CCOC(=O)Nc1ccc(OCc2ccccc2C(F)(F)F)cc1N. The zero-order valence-corrected chi connectivity index (χ0v) is 13.4. The molecule has 0 saturated heterocycles. The van der Waals surface area contributed by atoms with E-state index in [-0.39, 0.29) is 30.2 Å². The van der Waals surface area contributed by atoms with Gasteiger partial charge in [0.2, 0.25) is 0 Å². The molecule has 0 heterocycles. The molecule has 5 nitrogen and oxygen atoms in total. The fourth-order valence-corrected chi connectivity index (χ4v) is 2.11. The number of nitrogen functional groups attached to an aromatic ring is 1. The predicted octanol–water partition coefficient (Wildman–Crippen LogP) is 4.44. The average molecular weight is 354 g/mol. The van der Waals surface area contributed by atoms with Crippen molar-refractivity contribution in [1.29, 1.82) is 0 Å². The number of hydrogen-bond acceptors (Lipinski definition) is 4. The van der Waals surface area contributed by atoms with Gasteiger partial charge in [-0.3, -0.25) is 5.32 Å². The Morgan fingerprint density at radius 2 is 1.92 bits per heavy atom. The minimum atomic E-state index is -4.45. The van der Waals surface area contributed by atoms with E-state index in [9.17, 15) is 18.0 Å². The molecule has 0 atom stereocenters. The fourth-order valence-electron chi connectivity index (χ4n) is 2.11. The number of carbonyl (C=O) groups is 1. The van der Waals surface area contributed by atoms with Gasteiger partial charge in [0.05, 0.1) is 23.5 Å². The minimum absolute atomic E-state index is 0.0160. The number of amides is 1. The summed E-state index contributed by atoms with van der Waals surface area (Å²) in [5.74, 6) is 0.281. The topological polar surface area (TPSA) is 73.6 Å². The van der Waals surface area contributed by atoms with Crippen LogP contribution in [-0.4, -0.2) is 12.7 Å². The highest BCUT2D eigenvalue weighted by molar-refractivity contribution is 5.89. The summed E-state index contributed by atoms with van der Waals surface area (Å²) in [5, 5.41) is 2.45. The van der Waals surface area contributed by atoms with Crippen molar-refractivity contribution < 1.29 is 27.4 Å². The Morgan fingerprint density at radius 3 is 2.56 bits per heavy atom. The molecular formula is C17H17F3N2O3. The Balaban J connectivity index is 2.08. The maximum atomic E-state index is 12.9. The summed E-state index contributed by atoms with van der Waals surface area (Å²) in [6.07, 6.45) is -5.10. The third kappa shape index (κ3) is 5.03. The Labute approximate surface area is 142 Å². The molecule has 1 amide bonds. The maximum Gasteiger partial charge on any atom is 0.416 e. The van der Waals surface area contributed by atoms with Crippen molar-refractivity contribution in [1.82, 2.24) is 0 Å². The monoisotopic (exact) mass is 354 g/mol. The molecule has 25 heavy (non-hydrogen) atoms. The first-order valence-electron chi connectivity index (χ1n) is 7.42. The van der Waals surface area contributed by atoms with E-state index in [1.54, 1.807) is 6.92 Å². The molecule has 0 saturated carbocycles. The summed E-state index contributed by atoms with van der Waals surface area (Å²) in [6.45, 7) is 1.62. The minimum Gasteiger partial charge on any atom is -0.489 e. The highest BCUT2D eigenvalue weighted by atomic mass is 19.4. The van der Waals surface area contributed by atoms with Crippen molar-refractivity contribution in [2.45, 2.75) is 19.7 Å². The lowest BCUT2D eigenvalue weighted by Crippen LogP contribution is -2.14. The summed E-state index contributed by atoms with van der Waals surface area (Å²) in [5.41, 5.74) is 5.60. The predicted molar refractivity (Wildman–Crippen MR) is 87.3 cm³/mol. The Kier molecular flexibility index (Phi) is 5.74. The van der Waals surface area contributed by atoms with Gasteiger partial charge in [0.1, 0.15) is 12.4 Å². The molecule has 0 bridgehead atoms. The van der Waals surface area contributed by atoms with Crippen LogP contribution >= 0.6 is 0 Å². The fraction of sp³-hybridized carbons (Fsp3) is 0.235. The van der Waals surface area contributed by atoms with Gasteiger partial charge in [-0.2, -0.15) is 13.2 Å². The van der Waals surface area contributed by atoms with Crippen LogP contribution in [0.3, 0.4) is 0 Å². The largest absolute Gasteiger partial charge is 0.489 e. The van der Waals surface area contributed by atoms with E-state index in [0.717, 1.165) is 6.07 Å². The Hall–Kier alpha value is -2.90. The molecule has 0 aliphatic heterocycles. The van der Waals surface area contributed by atoms with Gasteiger partial charge in [0.15, 0.2) is 0 Å². The second kappa shape index (κ2) is 7.78. The van der Waals surface area contributed by atoms with Crippen LogP contribution in [0.1, 0.15) is 18.1 Å². The summed E-state index contributed by atoms with van der Waals surface area (Å²) >= 11 is 0. The van der Waals surface area contributed by atoms with Crippen LogP contribution < -0.4 is 15.8 Å². The lowest BCUT2D eigenvalue weighted by atomic mass is 10.1. The average Bonchev–Trinajstić information content (AvgIpc) is 2.55. The first-order chi connectivity index (χ1) is 11.8. The Morgan fingerprint density at radius 1 is 1.20 bits per heavy atom. The maximum absolute atomic E-state index is 12.9. The van der Waals surface area contributed by atoms with E-state index < -0.39 is 17.8 Å². The molecule has 0 fully saturated rings. The lowest BCUT2D eigenvalue weighted by molar-refractivity contribution is -0.138. The number of nitrogens with two attached hydrogens (primary N) is 1. The molecule has 0 aliphatic rings. The molecule has 0 unspecified atom stereocenters. The van der Waals surface area contributed by atoms with Gasteiger partial charge in [-0.1, -0.05) is 18.2 Å². The molecular weight excluding hydrogens is 337 g/mol. The molecule has 0 radical (unpaired) electrons. The first kappa shape index (κ1) is 18.4. The normalized spacial score (nSPS) is 11.0.